The number of hydrogen-bond donors (Lipinski definition) is 2. The standard InChI is InChI=1S/C17H32N2/c1-13(11-16-5-3-2-4-10-18-16)19-12-17(14-6-7-14)15-8-9-15/h13-19H,2-12H2,1H3. The van der Waals surface area contributed by atoms with Gasteiger partial charge in [-0.1, -0.05) is 12.8 Å². The van der Waals surface area contributed by atoms with Crippen LogP contribution in [0.3, 0.4) is 0 Å². The lowest BCUT2D eigenvalue weighted by molar-refractivity contribution is 0.335. The Morgan fingerprint density at radius 3 is 2.42 bits per heavy atom. The predicted octanol–water partition coefficient (Wildman–Crippen LogP) is 3.32. The topological polar surface area (TPSA) is 24.1 Å². The normalized spacial score (nSPS) is 30.3. The van der Waals surface area contributed by atoms with Crippen LogP contribution in [0.4, 0.5) is 0 Å². The van der Waals surface area contributed by atoms with Crippen LogP contribution < -0.4 is 10.6 Å². The van der Waals surface area contributed by atoms with Crippen molar-refractivity contribution in [2.75, 3.05) is 13.1 Å². The Balaban J connectivity index is 1.36. The van der Waals surface area contributed by atoms with Crippen molar-refractivity contribution >= 4 is 0 Å². The molecule has 1 aliphatic heterocycles. The van der Waals surface area contributed by atoms with Gasteiger partial charge in [-0.15, -0.1) is 0 Å². The molecule has 2 N–H and O–H groups in total. The predicted molar refractivity (Wildman–Crippen MR) is 81.3 cm³/mol. The fraction of sp³-hybridized carbons (Fsp3) is 1.00. The summed E-state index contributed by atoms with van der Waals surface area (Å²) in [5.74, 6) is 3.19. The first kappa shape index (κ1) is 13.9. The van der Waals surface area contributed by atoms with Gasteiger partial charge in [0.05, 0.1) is 0 Å². The maximum atomic E-state index is 3.85. The summed E-state index contributed by atoms with van der Waals surface area (Å²) in [5, 5.41) is 7.58. The zero-order valence-electron chi connectivity index (χ0n) is 12.7. The average Bonchev–Trinajstić information content (AvgIpc) is 3.26. The molecule has 3 aliphatic rings. The van der Waals surface area contributed by atoms with Crippen molar-refractivity contribution in [3.05, 3.63) is 0 Å². The van der Waals surface area contributed by atoms with E-state index in [-0.39, 0.29) is 0 Å². The zero-order valence-corrected chi connectivity index (χ0v) is 12.7. The Kier molecular flexibility index (Phi) is 4.81. The van der Waals surface area contributed by atoms with E-state index in [0.717, 1.165) is 23.8 Å². The fourth-order valence-electron chi connectivity index (χ4n) is 3.92. The second-order valence-corrected chi connectivity index (χ2v) is 7.38. The van der Waals surface area contributed by atoms with Crippen LogP contribution in [0.15, 0.2) is 0 Å². The van der Waals surface area contributed by atoms with E-state index in [1.807, 2.05) is 0 Å². The first-order chi connectivity index (χ1) is 9.33. The molecule has 110 valence electrons. The molecule has 0 aromatic heterocycles. The minimum absolute atomic E-state index is 0.690. The van der Waals surface area contributed by atoms with E-state index < -0.39 is 0 Å². The number of rotatable bonds is 7. The third-order valence-corrected chi connectivity index (χ3v) is 5.46. The Bertz CT molecular complexity index is 250. The Hall–Kier alpha value is -0.0800. The quantitative estimate of drug-likeness (QED) is 0.737. The van der Waals surface area contributed by atoms with Crippen molar-refractivity contribution in [3.8, 4) is 0 Å². The van der Waals surface area contributed by atoms with Crippen LogP contribution in [0.25, 0.3) is 0 Å². The summed E-state index contributed by atoms with van der Waals surface area (Å²) in [5.41, 5.74) is 0. The number of nitrogens with one attached hydrogen (secondary N) is 2. The third kappa shape index (κ3) is 4.46. The Labute approximate surface area is 119 Å². The molecule has 2 nitrogen and oxygen atoms in total. The molecule has 2 aliphatic carbocycles. The van der Waals surface area contributed by atoms with Crippen LogP contribution in [-0.2, 0) is 0 Å². The maximum absolute atomic E-state index is 3.85. The van der Waals surface area contributed by atoms with Gasteiger partial charge in [-0.3, -0.25) is 0 Å². The lowest BCUT2D eigenvalue weighted by Gasteiger charge is -2.24. The van der Waals surface area contributed by atoms with E-state index in [1.54, 1.807) is 0 Å². The summed E-state index contributed by atoms with van der Waals surface area (Å²) in [4.78, 5) is 0. The van der Waals surface area contributed by atoms with Gasteiger partial charge in [-0.2, -0.15) is 0 Å². The minimum atomic E-state index is 0.690. The van der Waals surface area contributed by atoms with E-state index in [1.165, 1.54) is 70.9 Å². The van der Waals surface area contributed by atoms with Crippen LogP contribution in [0, 0.1) is 17.8 Å². The fourth-order valence-corrected chi connectivity index (χ4v) is 3.92. The van der Waals surface area contributed by atoms with Crippen molar-refractivity contribution in [1.82, 2.24) is 10.6 Å². The summed E-state index contributed by atoms with van der Waals surface area (Å²) in [6.45, 7) is 4.93. The second kappa shape index (κ2) is 6.58. The third-order valence-electron chi connectivity index (χ3n) is 5.46. The van der Waals surface area contributed by atoms with E-state index >= 15 is 0 Å². The van der Waals surface area contributed by atoms with Gasteiger partial charge < -0.3 is 10.6 Å². The molecule has 2 unspecified atom stereocenters. The molecule has 2 saturated carbocycles. The van der Waals surface area contributed by atoms with Crippen LogP contribution in [0.2, 0.25) is 0 Å². The average molecular weight is 264 g/mol. The van der Waals surface area contributed by atoms with E-state index in [2.05, 4.69) is 17.6 Å². The monoisotopic (exact) mass is 264 g/mol. The molecule has 0 amide bonds. The lowest BCUT2D eigenvalue weighted by Crippen LogP contribution is -2.39. The lowest BCUT2D eigenvalue weighted by atomic mass is 9.97. The first-order valence-electron chi connectivity index (χ1n) is 8.79. The van der Waals surface area contributed by atoms with Gasteiger partial charge in [0.1, 0.15) is 0 Å². The molecule has 3 fully saturated rings. The highest BCUT2D eigenvalue weighted by atomic mass is 15.0. The van der Waals surface area contributed by atoms with Gasteiger partial charge in [-0.05, 0) is 82.7 Å². The van der Waals surface area contributed by atoms with Crippen LogP contribution in [-0.4, -0.2) is 25.2 Å². The van der Waals surface area contributed by atoms with E-state index in [9.17, 15) is 0 Å². The molecule has 0 aromatic carbocycles. The molecule has 1 heterocycles. The van der Waals surface area contributed by atoms with Crippen LogP contribution in [0.1, 0.15) is 64.7 Å². The van der Waals surface area contributed by atoms with Crippen molar-refractivity contribution in [3.63, 3.8) is 0 Å². The first-order valence-corrected chi connectivity index (χ1v) is 8.79. The molecule has 0 bridgehead atoms. The smallest absolute Gasteiger partial charge is 0.00817 e. The van der Waals surface area contributed by atoms with Gasteiger partial charge in [0, 0.05) is 12.1 Å². The van der Waals surface area contributed by atoms with Crippen molar-refractivity contribution in [2.45, 2.75) is 76.8 Å². The summed E-state index contributed by atoms with van der Waals surface area (Å²) >= 11 is 0. The Morgan fingerprint density at radius 2 is 1.74 bits per heavy atom. The number of hydrogen-bond acceptors (Lipinski definition) is 2. The highest BCUT2D eigenvalue weighted by molar-refractivity contribution is 4.93. The van der Waals surface area contributed by atoms with Crippen molar-refractivity contribution in [1.29, 1.82) is 0 Å². The summed E-state index contributed by atoms with van der Waals surface area (Å²) in [6.07, 6.45) is 13.0. The van der Waals surface area contributed by atoms with Gasteiger partial charge in [-0.25, -0.2) is 0 Å². The molecule has 0 aromatic rings. The molecule has 0 spiro atoms. The second-order valence-electron chi connectivity index (χ2n) is 7.38. The molecule has 2 atom stereocenters. The van der Waals surface area contributed by atoms with E-state index in [0.29, 0.717) is 6.04 Å². The van der Waals surface area contributed by atoms with Gasteiger partial charge >= 0.3 is 0 Å². The van der Waals surface area contributed by atoms with Crippen LogP contribution >= 0.6 is 0 Å². The molecular formula is C17H32N2. The maximum Gasteiger partial charge on any atom is 0.00817 e. The summed E-state index contributed by atoms with van der Waals surface area (Å²) in [7, 11) is 0. The molecule has 3 rings (SSSR count). The molecule has 1 saturated heterocycles. The highest BCUT2D eigenvalue weighted by Crippen LogP contribution is 2.48. The van der Waals surface area contributed by atoms with Gasteiger partial charge in [0.15, 0.2) is 0 Å². The van der Waals surface area contributed by atoms with Gasteiger partial charge in [0.2, 0.25) is 0 Å². The van der Waals surface area contributed by atoms with Crippen LogP contribution in [0.5, 0.6) is 0 Å². The summed E-state index contributed by atoms with van der Waals surface area (Å²) < 4.78 is 0. The molecule has 19 heavy (non-hydrogen) atoms. The SMILES string of the molecule is CC(CC1CCCCCN1)NCC(C1CC1)C1CC1. The summed E-state index contributed by atoms with van der Waals surface area (Å²) in [6, 6.07) is 1.46. The molecule has 0 radical (unpaired) electrons. The highest BCUT2D eigenvalue weighted by Gasteiger charge is 2.41. The Morgan fingerprint density at radius 1 is 1.00 bits per heavy atom. The van der Waals surface area contributed by atoms with E-state index in [4.69, 9.17) is 0 Å². The molecule has 2 heteroatoms. The largest absolute Gasteiger partial charge is 0.314 e. The van der Waals surface area contributed by atoms with Crippen molar-refractivity contribution < 1.29 is 0 Å². The minimum Gasteiger partial charge on any atom is -0.314 e. The van der Waals surface area contributed by atoms with Crippen molar-refractivity contribution in [2.24, 2.45) is 17.8 Å². The molecular weight excluding hydrogens is 232 g/mol. The van der Waals surface area contributed by atoms with Gasteiger partial charge in [0.25, 0.3) is 0 Å². The zero-order chi connectivity index (χ0) is 13.1.